The Morgan fingerprint density at radius 1 is 1.14 bits per heavy atom. The van der Waals surface area contributed by atoms with Crippen LogP contribution >= 0.6 is 0 Å². The van der Waals surface area contributed by atoms with E-state index in [1.807, 2.05) is 6.92 Å². The van der Waals surface area contributed by atoms with Gasteiger partial charge in [0.15, 0.2) is 0 Å². The first-order chi connectivity index (χ1) is 16.9. The Balaban J connectivity index is 1.77. The number of rotatable bonds is 8. The van der Waals surface area contributed by atoms with Crippen LogP contribution in [0.25, 0.3) is 5.76 Å². The van der Waals surface area contributed by atoms with Crippen molar-refractivity contribution in [3.63, 3.8) is 0 Å². The smallest absolute Gasteiger partial charge is 0.295 e. The minimum absolute atomic E-state index is 0.0375. The molecule has 6 nitrogen and oxygen atoms in total. The number of amides is 1. The quantitative estimate of drug-likeness (QED) is 0.207. The number of ether oxygens (including phenoxy) is 1. The lowest BCUT2D eigenvalue weighted by atomic mass is 9.94. The minimum atomic E-state index is -0.878. The molecule has 1 aliphatic heterocycles. The first kappa shape index (κ1) is 24.1. The Morgan fingerprint density at radius 3 is 2.57 bits per heavy atom. The zero-order chi connectivity index (χ0) is 24.9. The van der Waals surface area contributed by atoms with Crippen molar-refractivity contribution in [2.24, 2.45) is 0 Å². The third-order valence-electron chi connectivity index (χ3n) is 6.01. The summed E-state index contributed by atoms with van der Waals surface area (Å²) < 4.78 is 19.4. The summed E-state index contributed by atoms with van der Waals surface area (Å²) in [4.78, 5) is 31.7. The summed E-state index contributed by atoms with van der Waals surface area (Å²) in [6, 6.07) is 13.4. The molecule has 1 aliphatic rings. The zero-order valence-electron chi connectivity index (χ0n) is 19.7. The maximum Gasteiger partial charge on any atom is 0.295 e. The molecule has 1 fully saturated rings. The van der Waals surface area contributed by atoms with Gasteiger partial charge in [-0.2, -0.15) is 0 Å². The van der Waals surface area contributed by atoms with Gasteiger partial charge in [0, 0.05) is 24.5 Å². The number of halogens is 1. The molecular weight excluding hydrogens is 447 g/mol. The minimum Gasteiger partial charge on any atom is -0.507 e. The number of aliphatic hydroxyl groups excluding tert-OH is 1. The van der Waals surface area contributed by atoms with Crippen molar-refractivity contribution in [3.05, 3.63) is 101 Å². The molecule has 0 aliphatic carbocycles. The number of nitrogens with zero attached hydrogens (tertiary/aromatic N) is 2. The van der Waals surface area contributed by atoms with Crippen molar-refractivity contribution in [2.45, 2.75) is 39.3 Å². The van der Waals surface area contributed by atoms with E-state index in [4.69, 9.17) is 4.74 Å². The molecule has 0 spiro atoms. The number of ketones is 1. The molecule has 1 amide bonds. The lowest BCUT2D eigenvalue weighted by Gasteiger charge is -2.25. The Bertz CT molecular complexity index is 1260. The van der Waals surface area contributed by atoms with E-state index in [9.17, 15) is 19.1 Å². The maximum atomic E-state index is 13.7. The van der Waals surface area contributed by atoms with Gasteiger partial charge < -0.3 is 14.7 Å². The van der Waals surface area contributed by atoms with Crippen LogP contribution in [0.4, 0.5) is 4.39 Å². The molecule has 35 heavy (non-hydrogen) atoms. The normalized spacial score (nSPS) is 17.1. The highest BCUT2D eigenvalue weighted by atomic mass is 19.1. The van der Waals surface area contributed by atoms with E-state index in [0.29, 0.717) is 23.5 Å². The van der Waals surface area contributed by atoms with Crippen LogP contribution in [0, 0.1) is 12.7 Å². The molecule has 0 bridgehead atoms. The van der Waals surface area contributed by atoms with Gasteiger partial charge in [0.2, 0.25) is 0 Å². The second-order valence-electron chi connectivity index (χ2n) is 8.52. The SMILES string of the molecule is CCCCOc1ccc(/C(O)=C2\C(=O)C(=O)N(Cc3cccnc3)[C@@H]2c2ccc(F)cc2)cc1C. The number of hydrogen-bond acceptors (Lipinski definition) is 5. The van der Waals surface area contributed by atoms with E-state index < -0.39 is 23.5 Å². The van der Waals surface area contributed by atoms with Gasteiger partial charge in [-0.25, -0.2) is 4.39 Å². The summed E-state index contributed by atoms with van der Waals surface area (Å²) in [5.74, 6) is -1.55. The second-order valence-corrected chi connectivity index (χ2v) is 8.52. The molecule has 0 saturated carbocycles. The summed E-state index contributed by atoms with van der Waals surface area (Å²) >= 11 is 0. The van der Waals surface area contributed by atoms with Gasteiger partial charge in [-0.3, -0.25) is 14.6 Å². The maximum absolute atomic E-state index is 13.7. The fourth-order valence-electron chi connectivity index (χ4n) is 4.16. The molecule has 1 aromatic heterocycles. The monoisotopic (exact) mass is 474 g/mol. The van der Waals surface area contributed by atoms with Crippen LogP contribution in [0.5, 0.6) is 5.75 Å². The molecule has 0 unspecified atom stereocenters. The topological polar surface area (TPSA) is 79.7 Å². The average Bonchev–Trinajstić information content (AvgIpc) is 3.10. The summed E-state index contributed by atoms with van der Waals surface area (Å²) in [7, 11) is 0. The first-order valence-corrected chi connectivity index (χ1v) is 11.6. The Morgan fingerprint density at radius 2 is 1.91 bits per heavy atom. The highest BCUT2D eigenvalue weighted by Gasteiger charge is 2.46. The number of likely N-dealkylation sites (tertiary alicyclic amines) is 1. The highest BCUT2D eigenvalue weighted by Crippen LogP contribution is 2.40. The third kappa shape index (κ3) is 5.09. The predicted octanol–water partition coefficient (Wildman–Crippen LogP) is 5.33. The fraction of sp³-hybridized carbons (Fsp3) is 0.250. The molecule has 0 radical (unpaired) electrons. The van der Waals surface area contributed by atoms with Crippen LogP contribution in [-0.4, -0.2) is 33.3 Å². The molecular formula is C28H27FN2O4. The van der Waals surface area contributed by atoms with E-state index in [2.05, 4.69) is 11.9 Å². The van der Waals surface area contributed by atoms with Crippen LogP contribution < -0.4 is 4.74 Å². The number of Topliss-reactive ketones (excluding diaryl/α,β-unsaturated/α-hetero) is 1. The molecule has 2 aromatic carbocycles. The number of hydrogen-bond donors (Lipinski definition) is 1. The van der Waals surface area contributed by atoms with Crippen molar-refractivity contribution >= 4 is 17.4 Å². The Labute approximate surface area is 203 Å². The van der Waals surface area contributed by atoms with Crippen molar-refractivity contribution in [1.29, 1.82) is 0 Å². The number of benzene rings is 2. The van der Waals surface area contributed by atoms with E-state index >= 15 is 0 Å². The van der Waals surface area contributed by atoms with Crippen molar-refractivity contribution in [1.82, 2.24) is 9.88 Å². The molecule has 2 heterocycles. The van der Waals surface area contributed by atoms with E-state index in [0.717, 1.165) is 24.0 Å². The third-order valence-corrected chi connectivity index (χ3v) is 6.01. The van der Waals surface area contributed by atoms with E-state index in [1.54, 1.807) is 42.7 Å². The predicted molar refractivity (Wildman–Crippen MR) is 130 cm³/mol. The largest absolute Gasteiger partial charge is 0.507 e. The molecule has 3 aromatic rings. The van der Waals surface area contributed by atoms with Crippen LogP contribution in [0.15, 0.2) is 72.6 Å². The summed E-state index contributed by atoms with van der Waals surface area (Å²) in [5.41, 5.74) is 2.41. The zero-order valence-corrected chi connectivity index (χ0v) is 19.7. The Kier molecular flexibility index (Phi) is 7.25. The van der Waals surface area contributed by atoms with Gasteiger partial charge in [0.1, 0.15) is 17.3 Å². The summed E-state index contributed by atoms with van der Waals surface area (Å²) in [5, 5.41) is 11.3. The fourth-order valence-corrected chi connectivity index (χ4v) is 4.16. The van der Waals surface area contributed by atoms with Crippen molar-refractivity contribution in [3.8, 4) is 5.75 Å². The lowest BCUT2D eigenvalue weighted by molar-refractivity contribution is -0.140. The molecule has 7 heteroatoms. The standard InChI is InChI=1S/C28H27FN2O4/c1-3-4-14-35-23-12-9-21(15-18(23)2)26(32)24-25(20-7-10-22(29)11-8-20)31(28(34)27(24)33)17-19-6-5-13-30-16-19/h5-13,15-16,25,32H,3-4,14,17H2,1-2H3/b26-24+/t25-/m1/s1. The second kappa shape index (κ2) is 10.5. The van der Waals surface area contributed by atoms with Gasteiger partial charge in [-0.1, -0.05) is 31.5 Å². The van der Waals surface area contributed by atoms with Gasteiger partial charge >= 0.3 is 0 Å². The number of carbonyl (C=O) groups excluding carboxylic acids is 2. The Hall–Kier alpha value is -4.00. The summed E-state index contributed by atoms with van der Waals surface area (Å²) in [6.45, 7) is 4.64. The number of aryl methyl sites for hydroxylation is 1. The number of aromatic nitrogens is 1. The van der Waals surface area contributed by atoms with Crippen molar-refractivity contribution < 1.29 is 23.8 Å². The number of unbranched alkanes of at least 4 members (excludes halogenated alkanes) is 1. The average molecular weight is 475 g/mol. The molecule has 4 rings (SSSR count). The number of pyridine rings is 1. The first-order valence-electron chi connectivity index (χ1n) is 11.6. The molecule has 1 saturated heterocycles. The van der Waals surface area contributed by atoms with Crippen LogP contribution in [0.2, 0.25) is 0 Å². The number of aliphatic hydroxyl groups is 1. The van der Waals surface area contributed by atoms with Gasteiger partial charge in [-0.15, -0.1) is 0 Å². The molecule has 180 valence electrons. The summed E-state index contributed by atoms with van der Waals surface area (Å²) in [6.07, 6.45) is 5.18. The molecule has 1 N–H and O–H groups in total. The van der Waals surface area contributed by atoms with Gasteiger partial charge in [0.05, 0.1) is 18.2 Å². The van der Waals surface area contributed by atoms with Crippen LogP contribution in [-0.2, 0) is 16.1 Å². The van der Waals surface area contributed by atoms with Crippen LogP contribution in [0.1, 0.15) is 48.1 Å². The lowest BCUT2D eigenvalue weighted by Crippen LogP contribution is -2.29. The highest BCUT2D eigenvalue weighted by molar-refractivity contribution is 6.46. The van der Waals surface area contributed by atoms with Crippen molar-refractivity contribution in [2.75, 3.05) is 6.61 Å². The van der Waals surface area contributed by atoms with E-state index in [-0.39, 0.29) is 17.9 Å². The number of carbonyl (C=O) groups is 2. The van der Waals surface area contributed by atoms with Gasteiger partial charge in [0.25, 0.3) is 11.7 Å². The van der Waals surface area contributed by atoms with E-state index in [1.165, 1.54) is 29.2 Å². The van der Waals surface area contributed by atoms with Gasteiger partial charge in [-0.05, 0) is 66.4 Å². The molecule has 1 atom stereocenters. The van der Waals surface area contributed by atoms with Crippen LogP contribution in [0.3, 0.4) is 0 Å².